The van der Waals surface area contributed by atoms with Crippen LogP contribution in [0, 0.1) is 0 Å². The Morgan fingerprint density at radius 1 is 1.14 bits per heavy atom. The molecule has 1 saturated heterocycles. The van der Waals surface area contributed by atoms with Crippen LogP contribution in [0.1, 0.15) is 0 Å². The normalized spacial score (nSPS) is 13.8. The number of benzene rings is 2. The van der Waals surface area contributed by atoms with E-state index in [4.69, 9.17) is 4.74 Å². The van der Waals surface area contributed by atoms with Crippen LogP contribution in [0.3, 0.4) is 0 Å². The van der Waals surface area contributed by atoms with E-state index in [1.165, 1.54) is 23.1 Å². The van der Waals surface area contributed by atoms with Gasteiger partial charge in [-0.3, -0.25) is 9.69 Å². The summed E-state index contributed by atoms with van der Waals surface area (Å²) in [7, 11) is 1.56. The van der Waals surface area contributed by atoms with Crippen molar-refractivity contribution in [1.82, 2.24) is 4.90 Å². The van der Waals surface area contributed by atoms with Crippen molar-refractivity contribution in [3.63, 3.8) is 0 Å². The fourth-order valence-corrected chi connectivity index (χ4v) is 2.85. The first kappa shape index (κ1) is 19.4. The van der Waals surface area contributed by atoms with E-state index >= 15 is 0 Å². The minimum Gasteiger partial charge on any atom is -0.497 e. The summed E-state index contributed by atoms with van der Waals surface area (Å²) >= 11 is 0. The first-order valence-electron chi connectivity index (χ1n) is 8.51. The average Bonchev–Trinajstić information content (AvgIpc) is 3.02. The molecule has 148 valence electrons. The molecule has 0 unspecified atom stereocenters. The van der Waals surface area contributed by atoms with Crippen molar-refractivity contribution in [1.29, 1.82) is 0 Å². The number of rotatable bonds is 7. The molecule has 0 atom stereocenters. The molecule has 1 N–H and O–H groups in total. The molecule has 1 aliphatic heterocycles. The van der Waals surface area contributed by atoms with Crippen LogP contribution in [-0.2, 0) is 4.79 Å². The number of nitrogens with one attached hydrogen (secondary N) is 1. The molecule has 7 nitrogen and oxygen atoms in total. The second-order valence-electron chi connectivity index (χ2n) is 6.01. The molecule has 2 aromatic carbocycles. The summed E-state index contributed by atoms with van der Waals surface area (Å²) in [5.41, 5.74) is 1.02. The zero-order valence-corrected chi connectivity index (χ0v) is 15.1. The number of urea groups is 1. The van der Waals surface area contributed by atoms with E-state index in [9.17, 15) is 18.4 Å². The maximum Gasteiger partial charge on any atom is 0.387 e. The van der Waals surface area contributed by atoms with Crippen molar-refractivity contribution < 1.29 is 27.8 Å². The number of carbonyl (C=O) groups is 2. The molecule has 1 fully saturated rings. The zero-order valence-electron chi connectivity index (χ0n) is 15.1. The number of methoxy groups -OCH3 is 1. The first-order valence-corrected chi connectivity index (χ1v) is 8.51. The number of carbonyl (C=O) groups excluding carboxylic acids is 2. The van der Waals surface area contributed by atoms with Gasteiger partial charge in [0.25, 0.3) is 0 Å². The number of ether oxygens (including phenoxy) is 2. The van der Waals surface area contributed by atoms with Gasteiger partial charge in [-0.15, -0.1) is 0 Å². The fourth-order valence-electron chi connectivity index (χ4n) is 2.85. The van der Waals surface area contributed by atoms with Gasteiger partial charge in [-0.1, -0.05) is 6.07 Å². The summed E-state index contributed by atoms with van der Waals surface area (Å²) in [5, 5.41) is 2.58. The minimum atomic E-state index is -2.95. The molecule has 1 aliphatic rings. The lowest BCUT2D eigenvalue weighted by atomic mass is 10.3. The van der Waals surface area contributed by atoms with E-state index in [0.717, 1.165) is 0 Å². The molecule has 1 heterocycles. The highest BCUT2D eigenvalue weighted by molar-refractivity contribution is 5.99. The Bertz CT molecular complexity index is 845. The van der Waals surface area contributed by atoms with Crippen LogP contribution in [0.25, 0.3) is 0 Å². The minimum absolute atomic E-state index is 0.0595. The van der Waals surface area contributed by atoms with Gasteiger partial charge in [0.05, 0.1) is 7.11 Å². The predicted molar refractivity (Wildman–Crippen MR) is 99.0 cm³/mol. The van der Waals surface area contributed by atoms with Crippen LogP contribution < -0.4 is 19.7 Å². The second-order valence-corrected chi connectivity index (χ2v) is 6.01. The highest BCUT2D eigenvalue weighted by Crippen LogP contribution is 2.23. The number of hydrogen-bond donors (Lipinski definition) is 1. The molecular weight excluding hydrogens is 372 g/mol. The maximum absolute atomic E-state index is 12.6. The van der Waals surface area contributed by atoms with Gasteiger partial charge >= 0.3 is 12.6 Å². The van der Waals surface area contributed by atoms with Crippen molar-refractivity contribution in [2.75, 3.05) is 37.0 Å². The molecule has 0 radical (unpaired) electrons. The van der Waals surface area contributed by atoms with Crippen molar-refractivity contribution in [3.05, 3.63) is 48.5 Å². The number of amides is 3. The number of anilines is 2. The summed E-state index contributed by atoms with van der Waals surface area (Å²) in [6.45, 7) is -2.24. The molecule has 0 bridgehead atoms. The number of nitrogens with zero attached hydrogens (tertiary/aromatic N) is 2. The van der Waals surface area contributed by atoms with Gasteiger partial charge in [-0.05, 0) is 36.4 Å². The van der Waals surface area contributed by atoms with Crippen LogP contribution in [-0.4, -0.2) is 50.2 Å². The van der Waals surface area contributed by atoms with Crippen molar-refractivity contribution >= 4 is 23.3 Å². The van der Waals surface area contributed by atoms with Gasteiger partial charge in [0.15, 0.2) is 0 Å². The number of halogens is 2. The Balaban J connectivity index is 1.58. The van der Waals surface area contributed by atoms with Gasteiger partial charge in [0, 0.05) is 30.5 Å². The van der Waals surface area contributed by atoms with Crippen LogP contribution in [0.15, 0.2) is 48.5 Å². The molecule has 9 heteroatoms. The molecule has 0 spiro atoms. The van der Waals surface area contributed by atoms with Gasteiger partial charge in [-0.2, -0.15) is 8.78 Å². The molecule has 3 rings (SSSR count). The van der Waals surface area contributed by atoms with Crippen molar-refractivity contribution in [2.24, 2.45) is 0 Å². The highest BCUT2D eigenvalue weighted by Gasteiger charge is 2.30. The molecule has 0 aromatic heterocycles. The van der Waals surface area contributed by atoms with E-state index in [1.54, 1.807) is 42.3 Å². The van der Waals surface area contributed by atoms with Gasteiger partial charge in [-0.25, -0.2) is 4.79 Å². The van der Waals surface area contributed by atoms with E-state index in [0.29, 0.717) is 30.2 Å². The van der Waals surface area contributed by atoms with Gasteiger partial charge in [0.2, 0.25) is 5.91 Å². The third-order valence-electron chi connectivity index (χ3n) is 4.16. The third-order valence-corrected chi connectivity index (χ3v) is 4.16. The van der Waals surface area contributed by atoms with E-state index in [-0.39, 0.29) is 18.3 Å². The molecule has 3 amide bonds. The van der Waals surface area contributed by atoms with Crippen molar-refractivity contribution in [2.45, 2.75) is 6.61 Å². The fraction of sp³-hybridized carbons (Fsp3) is 0.263. The lowest BCUT2D eigenvalue weighted by Gasteiger charge is -2.18. The van der Waals surface area contributed by atoms with Crippen LogP contribution in [0.2, 0.25) is 0 Å². The topological polar surface area (TPSA) is 71.1 Å². The molecular formula is C19H19F2N3O4. The monoisotopic (exact) mass is 391 g/mol. The van der Waals surface area contributed by atoms with E-state index in [1.807, 2.05) is 0 Å². The Morgan fingerprint density at radius 3 is 2.57 bits per heavy atom. The zero-order chi connectivity index (χ0) is 20.1. The van der Waals surface area contributed by atoms with Crippen LogP contribution in [0.4, 0.5) is 25.0 Å². The van der Waals surface area contributed by atoms with E-state index in [2.05, 4.69) is 10.1 Å². The molecule has 0 saturated carbocycles. The second kappa shape index (κ2) is 8.55. The number of alkyl halides is 2. The SMILES string of the molecule is COc1ccc(N2CCN(CC(=O)Nc3cccc(OC(F)F)c3)C2=O)cc1. The Labute approximate surface area is 160 Å². The summed E-state index contributed by atoms with van der Waals surface area (Å²) < 4.78 is 34.0. The quantitative estimate of drug-likeness (QED) is 0.787. The summed E-state index contributed by atoms with van der Waals surface area (Å²) in [6.07, 6.45) is 0. The van der Waals surface area contributed by atoms with Crippen LogP contribution in [0.5, 0.6) is 11.5 Å². The Kier molecular flexibility index (Phi) is 5.93. The van der Waals surface area contributed by atoms with Crippen molar-refractivity contribution in [3.8, 4) is 11.5 Å². The Hall–Kier alpha value is -3.36. The summed E-state index contributed by atoms with van der Waals surface area (Å²) in [5.74, 6) is 0.194. The van der Waals surface area contributed by atoms with Gasteiger partial charge < -0.3 is 19.7 Å². The largest absolute Gasteiger partial charge is 0.497 e. The molecule has 0 aliphatic carbocycles. The lowest BCUT2D eigenvalue weighted by molar-refractivity contribution is -0.116. The van der Waals surface area contributed by atoms with Crippen LogP contribution >= 0.6 is 0 Å². The number of hydrogen-bond acceptors (Lipinski definition) is 4. The lowest BCUT2D eigenvalue weighted by Crippen LogP contribution is -2.37. The van der Waals surface area contributed by atoms with Gasteiger partial charge in [0.1, 0.15) is 18.0 Å². The highest BCUT2D eigenvalue weighted by atomic mass is 19.3. The molecule has 28 heavy (non-hydrogen) atoms. The maximum atomic E-state index is 12.6. The standard InChI is InChI=1S/C19H19F2N3O4/c1-27-15-7-5-14(6-8-15)24-10-9-23(19(24)26)12-17(25)22-13-3-2-4-16(11-13)28-18(20)21/h2-8,11,18H,9-10,12H2,1H3,(H,22,25). The van der Waals surface area contributed by atoms with E-state index < -0.39 is 12.5 Å². The Morgan fingerprint density at radius 2 is 1.89 bits per heavy atom. The summed E-state index contributed by atoms with van der Waals surface area (Å²) in [6, 6.07) is 12.5. The third kappa shape index (κ3) is 4.67. The summed E-state index contributed by atoms with van der Waals surface area (Å²) in [4.78, 5) is 27.8. The predicted octanol–water partition coefficient (Wildman–Crippen LogP) is 3.18. The average molecular weight is 391 g/mol. The molecule has 2 aromatic rings. The first-order chi connectivity index (χ1) is 13.5. The smallest absolute Gasteiger partial charge is 0.387 e.